The van der Waals surface area contributed by atoms with Gasteiger partial charge in [-0.2, -0.15) is 0 Å². The van der Waals surface area contributed by atoms with Crippen LogP contribution in [0.4, 0.5) is 51.2 Å². The molecule has 13 rings (SSSR count). The van der Waals surface area contributed by atoms with Gasteiger partial charge in [0, 0.05) is 61.9 Å². The summed E-state index contributed by atoms with van der Waals surface area (Å²) in [5.74, 6) is 0. The summed E-state index contributed by atoms with van der Waals surface area (Å²) in [6, 6.07) is 69.8. The first-order chi connectivity index (χ1) is 41.1. The molecule has 0 spiro atoms. The van der Waals surface area contributed by atoms with Crippen LogP contribution in [0.1, 0.15) is 206 Å². The van der Waals surface area contributed by atoms with Gasteiger partial charge in [-0.15, -0.1) is 0 Å². The fraction of sp³-hybridized carbons (Fsp3) is 0.357. The topological polar surface area (TPSA) is 9.72 Å². The van der Waals surface area contributed by atoms with Gasteiger partial charge in [0.15, 0.2) is 0 Å². The Hall–Kier alpha value is -7.56. The van der Waals surface area contributed by atoms with Gasteiger partial charge in [0.1, 0.15) is 0 Å². The van der Waals surface area contributed by atoms with E-state index < -0.39 is 0 Å². The van der Waals surface area contributed by atoms with Crippen LogP contribution in [0.2, 0.25) is 0 Å². The molecule has 0 aromatic heterocycles. The number of aryl methyl sites for hydroxylation is 1. The van der Waals surface area contributed by atoms with Gasteiger partial charge in [0.05, 0.1) is 5.69 Å². The van der Waals surface area contributed by atoms with Crippen molar-refractivity contribution in [3.05, 3.63) is 237 Å². The first kappa shape index (κ1) is 59.4. The summed E-state index contributed by atoms with van der Waals surface area (Å²) in [7, 11) is 0. The van der Waals surface area contributed by atoms with Gasteiger partial charge < -0.3 is 14.7 Å². The lowest BCUT2D eigenvalue weighted by molar-refractivity contribution is 0.403. The molecule has 9 aromatic carbocycles. The van der Waals surface area contributed by atoms with Gasteiger partial charge in [-0.05, 0) is 202 Å². The van der Waals surface area contributed by atoms with E-state index in [1.807, 2.05) is 0 Å². The molecule has 2 aliphatic carbocycles. The Bertz CT molecular complexity index is 4220. The minimum absolute atomic E-state index is 0.00164. The summed E-state index contributed by atoms with van der Waals surface area (Å²) in [6.07, 6.45) is 1.11. The molecule has 448 valence electrons. The number of fused-ring (bicyclic) bond motifs is 7. The van der Waals surface area contributed by atoms with Crippen molar-refractivity contribution in [1.82, 2.24) is 0 Å². The lowest BCUT2D eigenvalue weighted by Gasteiger charge is -2.49. The molecule has 0 fully saturated rings. The predicted octanol–water partition coefficient (Wildman–Crippen LogP) is 21.3. The van der Waals surface area contributed by atoms with Crippen LogP contribution in [0.15, 0.2) is 176 Å². The van der Waals surface area contributed by atoms with Crippen LogP contribution >= 0.6 is 0 Å². The fourth-order valence-electron chi connectivity index (χ4n) is 16.1. The van der Waals surface area contributed by atoms with Gasteiger partial charge in [-0.3, -0.25) is 0 Å². The molecule has 0 N–H and O–H groups in total. The first-order valence-corrected chi connectivity index (χ1v) is 32.7. The molecule has 0 saturated carbocycles. The van der Waals surface area contributed by atoms with E-state index in [0.29, 0.717) is 0 Å². The average Bonchev–Trinajstić information content (AvgIpc) is 0.752. The third-order valence-corrected chi connectivity index (χ3v) is 21.0. The fourth-order valence-corrected chi connectivity index (χ4v) is 16.1. The monoisotopic (exact) mass is 1160 g/mol. The predicted molar refractivity (Wildman–Crippen MR) is 381 cm³/mol. The molecule has 88 heavy (non-hydrogen) atoms. The summed E-state index contributed by atoms with van der Waals surface area (Å²) in [5.41, 5.74) is 31.6. The lowest BCUT2D eigenvalue weighted by Crippen LogP contribution is -2.62. The molecular weight excluding hydrogens is 1060 g/mol. The highest BCUT2D eigenvalue weighted by molar-refractivity contribution is 7.00. The van der Waals surface area contributed by atoms with Crippen molar-refractivity contribution in [3.63, 3.8) is 0 Å². The molecule has 0 bridgehead atoms. The van der Waals surface area contributed by atoms with Crippen LogP contribution in [0.3, 0.4) is 0 Å². The lowest BCUT2D eigenvalue weighted by atomic mass is 9.33. The number of benzene rings is 9. The van der Waals surface area contributed by atoms with Crippen molar-refractivity contribution in [3.8, 4) is 11.1 Å². The first-order valence-electron chi connectivity index (χ1n) is 32.7. The Labute approximate surface area is 529 Å². The Morgan fingerprint density at radius 2 is 0.795 bits per heavy atom. The quantitative estimate of drug-likeness (QED) is 0.154. The minimum Gasteiger partial charge on any atom is -0.311 e. The van der Waals surface area contributed by atoms with E-state index in [9.17, 15) is 0 Å². The zero-order valence-electron chi connectivity index (χ0n) is 56.9. The maximum Gasteiger partial charge on any atom is 0.252 e. The van der Waals surface area contributed by atoms with Crippen molar-refractivity contribution in [1.29, 1.82) is 0 Å². The second-order valence-corrected chi connectivity index (χ2v) is 33.2. The van der Waals surface area contributed by atoms with Crippen LogP contribution in [0.25, 0.3) is 11.1 Å². The van der Waals surface area contributed by atoms with Gasteiger partial charge in [0.2, 0.25) is 0 Å². The molecule has 9 aromatic rings. The van der Waals surface area contributed by atoms with Crippen molar-refractivity contribution in [2.45, 2.75) is 195 Å². The van der Waals surface area contributed by atoms with E-state index in [-0.39, 0.29) is 50.0 Å². The Morgan fingerprint density at radius 1 is 0.352 bits per heavy atom. The zero-order chi connectivity index (χ0) is 63.0. The Kier molecular flexibility index (Phi) is 13.3. The highest BCUT2D eigenvalue weighted by Gasteiger charge is 2.50. The van der Waals surface area contributed by atoms with Crippen molar-refractivity contribution in [2.75, 3.05) is 14.7 Å². The number of hydrogen-bond acceptors (Lipinski definition) is 3. The number of rotatable bonds is 6. The molecule has 3 nitrogen and oxygen atoms in total. The van der Waals surface area contributed by atoms with E-state index in [0.717, 1.165) is 23.5 Å². The number of anilines is 9. The maximum atomic E-state index is 2.75. The summed E-state index contributed by atoms with van der Waals surface area (Å²) >= 11 is 0. The second-order valence-electron chi connectivity index (χ2n) is 33.2. The molecule has 0 atom stereocenters. The largest absolute Gasteiger partial charge is 0.311 e. The van der Waals surface area contributed by atoms with Crippen LogP contribution in [-0.2, 0) is 43.3 Å². The van der Waals surface area contributed by atoms with Gasteiger partial charge in [-0.25, -0.2) is 0 Å². The zero-order valence-corrected chi connectivity index (χ0v) is 56.9. The number of nitrogens with zero attached hydrogens (tertiary/aromatic N) is 3. The Morgan fingerprint density at radius 3 is 1.32 bits per heavy atom. The Balaban J connectivity index is 1.18. The summed E-state index contributed by atoms with van der Waals surface area (Å²) < 4.78 is 0. The number of hydrogen-bond donors (Lipinski definition) is 0. The second kappa shape index (κ2) is 19.7. The molecule has 0 unspecified atom stereocenters. The van der Waals surface area contributed by atoms with Crippen LogP contribution < -0.4 is 31.1 Å². The molecule has 4 heteroatoms. The summed E-state index contributed by atoms with van der Waals surface area (Å²) in [6.45, 7) is 50.1. The molecule has 0 amide bonds. The van der Waals surface area contributed by atoms with Crippen molar-refractivity contribution >= 4 is 74.3 Å². The molecule has 2 aliphatic heterocycles. The smallest absolute Gasteiger partial charge is 0.252 e. The van der Waals surface area contributed by atoms with E-state index >= 15 is 0 Å². The molecule has 0 saturated heterocycles. The SMILES string of the molecule is Cc1cc2c(cc1N1c3cc4c(cc3B3c5ccc(N(c6ccc(C(C)(C)C)cc6)c6ccc(C(C)(C)C)cc6)cc5N(c5ccc(C(C)(C)C)cc5-c5ccccc5)c5cc(C(C)(C)C)cc1c53)C(C)(C)c1ccccc1C4(C)C)C(C)(C)CC2(C)C. The maximum absolute atomic E-state index is 2.75. The van der Waals surface area contributed by atoms with E-state index in [2.05, 4.69) is 336 Å². The van der Waals surface area contributed by atoms with Crippen LogP contribution in [0, 0.1) is 6.92 Å². The van der Waals surface area contributed by atoms with E-state index in [1.54, 1.807) is 0 Å². The molecule has 2 heterocycles. The van der Waals surface area contributed by atoms with Crippen LogP contribution in [-0.4, -0.2) is 6.71 Å². The van der Waals surface area contributed by atoms with E-state index in [4.69, 9.17) is 0 Å². The standard InChI is InChI=1S/C84H94BN3/c1-52-43-64-65(82(16,17)51-81(64,14)15)49-71(52)88-73-50-67-66(83(18,19)62-29-25-26-30-63(62)84(67,20)21)48-69(73)85-68-41-40-60(86(58-36-31-54(32-37-58)77(2,3)4)59-38-33-55(34-39-59)78(5,6)7)47-72(68)87(74-45-57(80(11,12)13)46-75(88)76(74)85)70-42-35-56(79(8,9)10)44-61(70)53-27-23-22-24-28-53/h22-50H,51H2,1-21H3. The van der Waals surface area contributed by atoms with Crippen molar-refractivity contribution in [2.24, 2.45) is 0 Å². The third-order valence-electron chi connectivity index (χ3n) is 21.0. The van der Waals surface area contributed by atoms with Gasteiger partial charge in [0.25, 0.3) is 6.71 Å². The highest BCUT2D eigenvalue weighted by atomic mass is 15.2. The van der Waals surface area contributed by atoms with E-state index in [1.165, 1.54) is 123 Å². The molecular formula is C84H94BN3. The minimum atomic E-state index is -0.266. The molecule has 4 aliphatic rings. The third kappa shape index (κ3) is 9.42. The normalized spacial score (nSPS) is 16.7. The summed E-state index contributed by atoms with van der Waals surface area (Å²) in [4.78, 5) is 7.95. The highest BCUT2D eigenvalue weighted by Crippen LogP contribution is 2.57. The summed E-state index contributed by atoms with van der Waals surface area (Å²) in [5, 5.41) is 0. The van der Waals surface area contributed by atoms with Gasteiger partial charge in [-0.1, -0.05) is 242 Å². The van der Waals surface area contributed by atoms with Crippen molar-refractivity contribution < 1.29 is 0 Å². The van der Waals surface area contributed by atoms with Gasteiger partial charge >= 0.3 is 0 Å². The molecule has 0 radical (unpaired) electrons. The average molecular weight is 1160 g/mol. The van der Waals surface area contributed by atoms with Crippen LogP contribution in [0.5, 0.6) is 0 Å².